The lowest BCUT2D eigenvalue weighted by atomic mass is 10.2. The van der Waals surface area contributed by atoms with Crippen LogP contribution in [0.25, 0.3) is 0 Å². The van der Waals surface area contributed by atoms with E-state index >= 15 is 0 Å². The second-order valence-electron chi connectivity index (χ2n) is 4.33. The lowest BCUT2D eigenvalue weighted by Gasteiger charge is -2.01. The van der Waals surface area contributed by atoms with Crippen molar-refractivity contribution < 1.29 is 4.79 Å². The van der Waals surface area contributed by atoms with Crippen molar-refractivity contribution in [3.8, 4) is 0 Å². The molecule has 0 spiro atoms. The number of fused-ring (bicyclic) bond motifs is 1. The lowest BCUT2D eigenvalue weighted by Crippen LogP contribution is -2.17. The van der Waals surface area contributed by atoms with Crippen molar-refractivity contribution >= 4 is 22.9 Å². The quantitative estimate of drug-likeness (QED) is 0.870. The van der Waals surface area contributed by atoms with E-state index < -0.39 is 0 Å². The van der Waals surface area contributed by atoms with Gasteiger partial charge in [-0.25, -0.2) is 4.98 Å². The molecule has 0 saturated carbocycles. The van der Waals surface area contributed by atoms with Gasteiger partial charge in [-0.3, -0.25) is 9.78 Å². The Bertz CT molecular complexity index is 558. The number of carbonyl (C=O) groups is 1. The van der Waals surface area contributed by atoms with Crippen LogP contribution in [0.2, 0.25) is 0 Å². The number of aromatic nitrogens is 2. The van der Waals surface area contributed by atoms with E-state index in [9.17, 15) is 4.79 Å². The van der Waals surface area contributed by atoms with Crippen LogP contribution in [0.5, 0.6) is 0 Å². The maximum atomic E-state index is 12.1. The molecule has 0 radical (unpaired) electrons. The Balaban J connectivity index is 1.77. The first-order valence-electron chi connectivity index (χ1n) is 6.23. The van der Waals surface area contributed by atoms with Gasteiger partial charge in [0.05, 0.1) is 17.6 Å². The highest BCUT2D eigenvalue weighted by molar-refractivity contribution is 7.13. The maximum absolute atomic E-state index is 12.1. The topological polar surface area (TPSA) is 66.9 Å². The third kappa shape index (κ3) is 2.80. The molecular weight excluding hydrogens is 260 g/mol. The SMILES string of the molecule is O=C(Nc1cccnc1)c1nc2c(s1)CCNCC2. The average molecular weight is 274 g/mol. The molecule has 0 fully saturated rings. The van der Waals surface area contributed by atoms with Gasteiger partial charge in [-0.1, -0.05) is 0 Å². The molecule has 1 aliphatic rings. The van der Waals surface area contributed by atoms with E-state index in [1.165, 1.54) is 16.2 Å². The molecule has 3 heterocycles. The summed E-state index contributed by atoms with van der Waals surface area (Å²) in [5.41, 5.74) is 1.76. The van der Waals surface area contributed by atoms with E-state index in [4.69, 9.17) is 0 Å². The van der Waals surface area contributed by atoms with Gasteiger partial charge < -0.3 is 10.6 Å². The Hall–Kier alpha value is -1.79. The summed E-state index contributed by atoms with van der Waals surface area (Å²) < 4.78 is 0. The van der Waals surface area contributed by atoms with Crippen LogP contribution in [0.4, 0.5) is 5.69 Å². The minimum atomic E-state index is -0.154. The van der Waals surface area contributed by atoms with Crippen molar-refractivity contribution in [1.29, 1.82) is 0 Å². The van der Waals surface area contributed by atoms with Crippen molar-refractivity contribution in [2.75, 3.05) is 18.4 Å². The van der Waals surface area contributed by atoms with Crippen molar-refractivity contribution in [3.63, 3.8) is 0 Å². The smallest absolute Gasteiger partial charge is 0.284 e. The average Bonchev–Trinajstić information content (AvgIpc) is 2.72. The first-order valence-corrected chi connectivity index (χ1v) is 7.05. The van der Waals surface area contributed by atoms with Gasteiger partial charge in [0.15, 0.2) is 5.01 Å². The fraction of sp³-hybridized carbons (Fsp3) is 0.308. The first-order chi connectivity index (χ1) is 9.33. The minimum absolute atomic E-state index is 0.154. The van der Waals surface area contributed by atoms with Gasteiger partial charge in [0.2, 0.25) is 0 Å². The van der Waals surface area contributed by atoms with Gasteiger partial charge in [0.1, 0.15) is 0 Å². The molecule has 6 heteroatoms. The van der Waals surface area contributed by atoms with Gasteiger partial charge in [0.25, 0.3) is 5.91 Å². The minimum Gasteiger partial charge on any atom is -0.319 e. The molecule has 2 aromatic heterocycles. The summed E-state index contributed by atoms with van der Waals surface area (Å²) in [5.74, 6) is -0.154. The molecule has 19 heavy (non-hydrogen) atoms. The van der Waals surface area contributed by atoms with E-state index in [0.717, 1.165) is 31.6 Å². The monoisotopic (exact) mass is 274 g/mol. The van der Waals surface area contributed by atoms with Crippen LogP contribution in [0.1, 0.15) is 20.4 Å². The highest BCUT2D eigenvalue weighted by Crippen LogP contribution is 2.22. The van der Waals surface area contributed by atoms with Crippen LogP contribution in [0.15, 0.2) is 24.5 Å². The summed E-state index contributed by atoms with van der Waals surface area (Å²) >= 11 is 1.49. The molecular formula is C13H14N4OS. The summed E-state index contributed by atoms with van der Waals surface area (Å²) in [4.78, 5) is 21.8. The summed E-state index contributed by atoms with van der Waals surface area (Å²) in [5, 5.41) is 6.68. The fourth-order valence-corrected chi connectivity index (χ4v) is 3.03. The maximum Gasteiger partial charge on any atom is 0.284 e. The largest absolute Gasteiger partial charge is 0.319 e. The van der Waals surface area contributed by atoms with Crippen LogP contribution < -0.4 is 10.6 Å². The van der Waals surface area contributed by atoms with Crippen LogP contribution >= 0.6 is 11.3 Å². The zero-order chi connectivity index (χ0) is 13.1. The number of carbonyl (C=O) groups excluding carboxylic acids is 1. The Labute approximate surface area is 115 Å². The zero-order valence-corrected chi connectivity index (χ0v) is 11.2. The summed E-state index contributed by atoms with van der Waals surface area (Å²) in [6.07, 6.45) is 5.15. The summed E-state index contributed by atoms with van der Waals surface area (Å²) in [6.45, 7) is 1.89. The highest BCUT2D eigenvalue weighted by Gasteiger charge is 2.18. The van der Waals surface area contributed by atoms with Crippen molar-refractivity contribution in [1.82, 2.24) is 15.3 Å². The molecule has 0 aromatic carbocycles. The van der Waals surface area contributed by atoms with E-state index in [-0.39, 0.29) is 5.91 Å². The van der Waals surface area contributed by atoms with E-state index in [1.54, 1.807) is 18.5 Å². The predicted octanol–water partition coefficient (Wildman–Crippen LogP) is 1.48. The lowest BCUT2D eigenvalue weighted by molar-refractivity contribution is 0.102. The van der Waals surface area contributed by atoms with Crippen LogP contribution in [0.3, 0.4) is 0 Å². The normalized spacial score (nSPS) is 14.5. The molecule has 0 aliphatic carbocycles. The van der Waals surface area contributed by atoms with Gasteiger partial charge in [-0.05, 0) is 18.6 Å². The molecule has 98 valence electrons. The number of anilines is 1. The van der Waals surface area contributed by atoms with Crippen molar-refractivity contribution in [3.05, 3.63) is 40.1 Å². The number of nitrogens with one attached hydrogen (secondary N) is 2. The molecule has 2 aromatic rings. The number of hydrogen-bond acceptors (Lipinski definition) is 5. The Morgan fingerprint density at radius 3 is 3.11 bits per heavy atom. The Kier molecular flexibility index (Phi) is 3.52. The molecule has 0 atom stereocenters. The third-order valence-electron chi connectivity index (χ3n) is 2.96. The fourth-order valence-electron chi connectivity index (χ4n) is 2.03. The zero-order valence-electron chi connectivity index (χ0n) is 10.3. The third-order valence-corrected chi connectivity index (χ3v) is 4.12. The molecule has 3 rings (SSSR count). The highest BCUT2D eigenvalue weighted by atomic mass is 32.1. The van der Waals surface area contributed by atoms with Gasteiger partial charge in [-0.15, -0.1) is 11.3 Å². The number of pyridine rings is 1. The molecule has 0 saturated heterocycles. The van der Waals surface area contributed by atoms with Gasteiger partial charge in [-0.2, -0.15) is 0 Å². The number of amides is 1. The van der Waals surface area contributed by atoms with Crippen molar-refractivity contribution in [2.24, 2.45) is 0 Å². The summed E-state index contributed by atoms with van der Waals surface area (Å²) in [6, 6.07) is 3.60. The molecule has 0 bridgehead atoms. The number of thiazole rings is 1. The Morgan fingerprint density at radius 1 is 1.37 bits per heavy atom. The van der Waals surface area contributed by atoms with E-state index in [0.29, 0.717) is 10.7 Å². The first kappa shape index (κ1) is 12.3. The summed E-state index contributed by atoms with van der Waals surface area (Å²) in [7, 11) is 0. The van der Waals surface area contributed by atoms with Crippen LogP contribution in [-0.2, 0) is 12.8 Å². The molecule has 5 nitrogen and oxygen atoms in total. The van der Waals surface area contributed by atoms with Crippen LogP contribution in [-0.4, -0.2) is 29.0 Å². The molecule has 1 aliphatic heterocycles. The number of rotatable bonds is 2. The molecule has 0 unspecified atom stereocenters. The number of hydrogen-bond donors (Lipinski definition) is 2. The second-order valence-corrected chi connectivity index (χ2v) is 5.42. The van der Waals surface area contributed by atoms with Crippen molar-refractivity contribution in [2.45, 2.75) is 12.8 Å². The molecule has 2 N–H and O–H groups in total. The van der Waals surface area contributed by atoms with Gasteiger partial charge in [0, 0.05) is 30.6 Å². The van der Waals surface area contributed by atoms with Crippen LogP contribution in [0, 0.1) is 0 Å². The molecule has 1 amide bonds. The van der Waals surface area contributed by atoms with E-state index in [2.05, 4.69) is 20.6 Å². The predicted molar refractivity (Wildman–Crippen MR) is 74.6 cm³/mol. The number of nitrogens with zero attached hydrogens (tertiary/aromatic N) is 2. The Morgan fingerprint density at radius 2 is 2.26 bits per heavy atom. The standard InChI is InChI=1S/C13H14N4OS/c18-12(16-9-2-1-5-15-8-9)13-17-10-3-6-14-7-4-11(10)19-13/h1-2,5,8,14H,3-4,6-7H2,(H,16,18). The second kappa shape index (κ2) is 5.46. The van der Waals surface area contributed by atoms with E-state index in [1.807, 2.05) is 6.07 Å². The van der Waals surface area contributed by atoms with Gasteiger partial charge >= 0.3 is 0 Å².